The highest BCUT2D eigenvalue weighted by Crippen LogP contribution is 2.29. The quantitative estimate of drug-likeness (QED) is 0.411. The molecule has 0 atom stereocenters. The van der Waals surface area contributed by atoms with Crippen LogP contribution < -0.4 is 0 Å². The zero-order valence-electron chi connectivity index (χ0n) is 19.5. The molecule has 1 aliphatic rings. The SMILES string of the molecule is O=C(c1ccc(-c2ccccc2)cc1)N(CCCN1CCOCC1)Cc1ccc(C(F)(F)F)cc1. The average molecular weight is 483 g/mol. The summed E-state index contributed by atoms with van der Waals surface area (Å²) in [6, 6.07) is 22.4. The van der Waals surface area contributed by atoms with Crippen LogP contribution in [0, 0.1) is 0 Å². The Labute approximate surface area is 203 Å². The van der Waals surface area contributed by atoms with Gasteiger partial charge in [0, 0.05) is 38.3 Å². The molecule has 3 aromatic rings. The van der Waals surface area contributed by atoms with Crippen LogP contribution >= 0.6 is 0 Å². The monoisotopic (exact) mass is 482 g/mol. The zero-order chi connectivity index (χ0) is 24.7. The van der Waals surface area contributed by atoms with Crippen molar-refractivity contribution in [2.75, 3.05) is 39.4 Å². The maximum atomic E-state index is 13.4. The molecule has 0 saturated carbocycles. The van der Waals surface area contributed by atoms with Gasteiger partial charge in [-0.25, -0.2) is 0 Å². The van der Waals surface area contributed by atoms with Gasteiger partial charge in [-0.2, -0.15) is 13.2 Å². The fraction of sp³-hybridized carbons (Fsp3) is 0.321. The maximum Gasteiger partial charge on any atom is 0.416 e. The number of hydrogen-bond acceptors (Lipinski definition) is 3. The summed E-state index contributed by atoms with van der Waals surface area (Å²) in [5.41, 5.74) is 2.62. The van der Waals surface area contributed by atoms with Crippen LogP contribution in [-0.4, -0.2) is 55.1 Å². The van der Waals surface area contributed by atoms with E-state index in [2.05, 4.69) is 4.90 Å². The van der Waals surface area contributed by atoms with E-state index < -0.39 is 11.7 Å². The van der Waals surface area contributed by atoms with Gasteiger partial charge in [0.05, 0.1) is 18.8 Å². The van der Waals surface area contributed by atoms with Gasteiger partial charge in [-0.15, -0.1) is 0 Å². The lowest BCUT2D eigenvalue weighted by Gasteiger charge is -2.28. The molecule has 3 aromatic carbocycles. The summed E-state index contributed by atoms with van der Waals surface area (Å²) in [7, 11) is 0. The van der Waals surface area contributed by atoms with E-state index in [-0.39, 0.29) is 12.5 Å². The smallest absolute Gasteiger partial charge is 0.379 e. The van der Waals surface area contributed by atoms with Gasteiger partial charge in [0.2, 0.25) is 0 Å². The van der Waals surface area contributed by atoms with Crippen molar-refractivity contribution in [3.05, 3.63) is 95.6 Å². The number of amides is 1. The lowest BCUT2D eigenvalue weighted by atomic mass is 10.0. The highest BCUT2D eigenvalue weighted by Gasteiger charge is 2.30. The average Bonchev–Trinajstić information content (AvgIpc) is 2.89. The fourth-order valence-electron chi connectivity index (χ4n) is 4.20. The summed E-state index contributed by atoms with van der Waals surface area (Å²) in [5.74, 6) is -0.133. The number of alkyl halides is 3. The Kier molecular flexibility index (Phi) is 8.21. The lowest BCUT2D eigenvalue weighted by molar-refractivity contribution is -0.137. The first-order valence-corrected chi connectivity index (χ1v) is 11.8. The molecule has 7 heteroatoms. The van der Waals surface area contributed by atoms with Crippen molar-refractivity contribution in [1.29, 1.82) is 0 Å². The predicted molar refractivity (Wildman–Crippen MR) is 130 cm³/mol. The van der Waals surface area contributed by atoms with Crippen LogP contribution in [0.5, 0.6) is 0 Å². The molecule has 0 aliphatic carbocycles. The Morgan fingerprint density at radius 2 is 1.49 bits per heavy atom. The van der Waals surface area contributed by atoms with E-state index in [1.165, 1.54) is 12.1 Å². The summed E-state index contributed by atoms with van der Waals surface area (Å²) in [6.45, 7) is 4.76. The minimum Gasteiger partial charge on any atom is -0.379 e. The third kappa shape index (κ3) is 6.93. The summed E-state index contributed by atoms with van der Waals surface area (Å²) in [6.07, 6.45) is -3.61. The molecule has 0 radical (unpaired) electrons. The van der Waals surface area contributed by atoms with Crippen LogP contribution in [0.25, 0.3) is 11.1 Å². The van der Waals surface area contributed by atoms with Crippen LogP contribution in [0.1, 0.15) is 27.9 Å². The Hall–Kier alpha value is -3.16. The first-order valence-electron chi connectivity index (χ1n) is 11.8. The minimum atomic E-state index is -4.38. The molecule has 0 N–H and O–H groups in total. The van der Waals surface area contributed by atoms with Gasteiger partial charge < -0.3 is 9.64 Å². The molecule has 1 aliphatic heterocycles. The van der Waals surface area contributed by atoms with Gasteiger partial charge in [0.15, 0.2) is 0 Å². The molecule has 0 bridgehead atoms. The largest absolute Gasteiger partial charge is 0.416 e. The molecule has 4 rings (SSSR count). The third-order valence-electron chi connectivity index (χ3n) is 6.19. The summed E-state index contributed by atoms with van der Waals surface area (Å²) in [5, 5.41) is 0. The van der Waals surface area contributed by atoms with E-state index in [4.69, 9.17) is 4.74 Å². The number of morpholine rings is 1. The first-order chi connectivity index (χ1) is 16.9. The van der Waals surface area contributed by atoms with Crippen molar-refractivity contribution in [1.82, 2.24) is 9.80 Å². The molecule has 4 nitrogen and oxygen atoms in total. The Bertz CT molecular complexity index is 1080. The first kappa shape index (κ1) is 24.9. The molecule has 0 unspecified atom stereocenters. The van der Waals surface area contributed by atoms with Gasteiger partial charge in [0.25, 0.3) is 5.91 Å². The second-order valence-electron chi connectivity index (χ2n) is 8.67. The summed E-state index contributed by atoms with van der Waals surface area (Å²) in [4.78, 5) is 17.4. The lowest BCUT2D eigenvalue weighted by Crippen LogP contribution is -2.39. The third-order valence-corrected chi connectivity index (χ3v) is 6.19. The maximum absolute atomic E-state index is 13.4. The van der Waals surface area contributed by atoms with Crippen LogP contribution in [0.4, 0.5) is 13.2 Å². The van der Waals surface area contributed by atoms with Crippen LogP contribution in [0.2, 0.25) is 0 Å². The highest BCUT2D eigenvalue weighted by molar-refractivity contribution is 5.94. The Morgan fingerprint density at radius 3 is 2.11 bits per heavy atom. The highest BCUT2D eigenvalue weighted by atomic mass is 19.4. The molecule has 0 aromatic heterocycles. The van der Waals surface area contributed by atoms with Crippen molar-refractivity contribution >= 4 is 5.91 Å². The van der Waals surface area contributed by atoms with Gasteiger partial charge in [-0.1, -0.05) is 54.6 Å². The molecular formula is C28H29F3N2O2. The molecule has 1 fully saturated rings. The van der Waals surface area contributed by atoms with E-state index in [0.717, 1.165) is 49.3 Å². The van der Waals surface area contributed by atoms with Crippen molar-refractivity contribution in [2.24, 2.45) is 0 Å². The Balaban J connectivity index is 1.47. The number of rotatable bonds is 8. The van der Waals surface area contributed by atoms with Crippen molar-refractivity contribution in [3.63, 3.8) is 0 Å². The normalized spacial score (nSPS) is 14.6. The van der Waals surface area contributed by atoms with Crippen molar-refractivity contribution in [3.8, 4) is 11.1 Å². The van der Waals surface area contributed by atoms with Gasteiger partial charge in [0.1, 0.15) is 0 Å². The molecule has 1 heterocycles. The Morgan fingerprint density at radius 1 is 0.857 bits per heavy atom. The van der Waals surface area contributed by atoms with Crippen LogP contribution in [-0.2, 0) is 17.5 Å². The van der Waals surface area contributed by atoms with E-state index in [1.807, 2.05) is 54.6 Å². The predicted octanol–water partition coefficient (Wildman–Crippen LogP) is 5.74. The molecule has 1 saturated heterocycles. The van der Waals surface area contributed by atoms with Crippen molar-refractivity contribution < 1.29 is 22.7 Å². The van der Waals surface area contributed by atoms with E-state index in [1.54, 1.807) is 4.90 Å². The number of nitrogens with zero attached hydrogens (tertiary/aromatic N) is 2. The molecule has 184 valence electrons. The zero-order valence-corrected chi connectivity index (χ0v) is 19.5. The second-order valence-corrected chi connectivity index (χ2v) is 8.67. The number of halogens is 3. The standard InChI is InChI=1S/C28H29F3N2O2/c29-28(30,31)26-13-7-22(8-14-26)21-33(16-4-15-32-17-19-35-20-18-32)27(34)25-11-9-24(10-12-25)23-5-2-1-3-6-23/h1-3,5-14H,4,15-21H2. The molecule has 1 amide bonds. The number of ether oxygens (including phenoxy) is 1. The van der Waals surface area contributed by atoms with Gasteiger partial charge >= 0.3 is 6.18 Å². The van der Waals surface area contributed by atoms with Gasteiger partial charge in [-0.05, 0) is 47.4 Å². The van der Waals surface area contributed by atoms with Crippen molar-refractivity contribution in [2.45, 2.75) is 19.1 Å². The van der Waals surface area contributed by atoms with E-state index in [9.17, 15) is 18.0 Å². The van der Waals surface area contributed by atoms with Crippen LogP contribution in [0.3, 0.4) is 0 Å². The van der Waals surface area contributed by atoms with Gasteiger partial charge in [-0.3, -0.25) is 9.69 Å². The number of carbonyl (C=O) groups is 1. The number of benzene rings is 3. The topological polar surface area (TPSA) is 32.8 Å². The summed E-state index contributed by atoms with van der Waals surface area (Å²) >= 11 is 0. The summed E-state index contributed by atoms with van der Waals surface area (Å²) < 4.78 is 44.2. The van der Waals surface area contributed by atoms with Crippen LogP contribution in [0.15, 0.2) is 78.9 Å². The van der Waals surface area contributed by atoms with E-state index >= 15 is 0 Å². The van der Waals surface area contributed by atoms with E-state index in [0.29, 0.717) is 30.9 Å². The molecule has 35 heavy (non-hydrogen) atoms. The molecule has 0 spiro atoms. The number of carbonyl (C=O) groups excluding carboxylic acids is 1. The fourth-order valence-corrected chi connectivity index (χ4v) is 4.20. The second kappa shape index (κ2) is 11.5. The molecular weight excluding hydrogens is 453 g/mol. The number of hydrogen-bond donors (Lipinski definition) is 0. The minimum absolute atomic E-state index is 0.133.